The number of ether oxygens (including phenoxy) is 2. The van der Waals surface area contributed by atoms with E-state index in [1.165, 1.54) is 5.56 Å². The largest absolute Gasteiger partial charge is 0.361 e. The summed E-state index contributed by atoms with van der Waals surface area (Å²) in [6, 6.07) is 11.1. The van der Waals surface area contributed by atoms with E-state index in [0.29, 0.717) is 13.2 Å². The summed E-state index contributed by atoms with van der Waals surface area (Å²) < 4.78 is 11.3. The van der Waals surface area contributed by atoms with Crippen LogP contribution in [0.15, 0.2) is 55.0 Å². The maximum atomic E-state index is 13.9. The Morgan fingerprint density at radius 3 is 2.65 bits per heavy atom. The highest BCUT2D eigenvalue weighted by molar-refractivity contribution is 5.91. The van der Waals surface area contributed by atoms with Crippen molar-refractivity contribution in [2.45, 2.75) is 50.6 Å². The number of fused-ring (bicyclic) bond motifs is 1. The van der Waals surface area contributed by atoms with Crippen molar-refractivity contribution in [2.75, 3.05) is 39.9 Å². The number of nitrogens with two attached hydrogens (primary N) is 1. The number of hydrogen-bond donors (Lipinski definition) is 3. The number of hydrogen-bond acceptors (Lipinski definition) is 7. The lowest BCUT2D eigenvalue weighted by Crippen LogP contribution is -2.54. The van der Waals surface area contributed by atoms with Gasteiger partial charge in [0.1, 0.15) is 6.04 Å². The highest BCUT2D eigenvalue weighted by atomic mass is 16.7. The van der Waals surface area contributed by atoms with Gasteiger partial charge in [0.25, 0.3) is 0 Å². The van der Waals surface area contributed by atoms with Crippen LogP contribution in [0.1, 0.15) is 36.8 Å². The lowest BCUT2D eigenvalue weighted by Gasteiger charge is -2.35. The summed E-state index contributed by atoms with van der Waals surface area (Å²) in [6.07, 6.45) is 6.54. The van der Waals surface area contributed by atoms with Gasteiger partial charge in [0.05, 0.1) is 25.8 Å². The van der Waals surface area contributed by atoms with Gasteiger partial charge in [0.15, 0.2) is 6.29 Å². The molecule has 2 aliphatic rings. The van der Waals surface area contributed by atoms with Crippen molar-refractivity contribution >= 4 is 22.7 Å². The van der Waals surface area contributed by atoms with E-state index in [2.05, 4.69) is 26.3 Å². The van der Waals surface area contributed by atoms with E-state index in [-0.39, 0.29) is 36.2 Å². The molecule has 40 heavy (non-hydrogen) atoms. The van der Waals surface area contributed by atoms with Crippen LogP contribution in [0.4, 0.5) is 0 Å². The first kappa shape index (κ1) is 28.2. The number of piperidine rings is 1. The molecule has 0 saturated carbocycles. The van der Waals surface area contributed by atoms with Gasteiger partial charge >= 0.3 is 0 Å². The number of H-pyrrole nitrogens is 1. The van der Waals surface area contributed by atoms with E-state index in [9.17, 15) is 9.59 Å². The molecule has 214 valence electrons. The molecule has 0 radical (unpaired) electrons. The van der Waals surface area contributed by atoms with Gasteiger partial charge in [0.2, 0.25) is 11.8 Å². The molecule has 4 heterocycles. The van der Waals surface area contributed by atoms with Gasteiger partial charge in [0, 0.05) is 54.9 Å². The summed E-state index contributed by atoms with van der Waals surface area (Å²) >= 11 is 0. The number of benzene rings is 1. The van der Waals surface area contributed by atoms with E-state index in [0.717, 1.165) is 48.9 Å². The van der Waals surface area contributed by atoms with E-state index >= 15 is 0 Å². The van der Waals surface area contributed by atoms with Crippen LogP contribution < -0.4 is 11.1 Å². The predicted octanol–water partition coefficient (Wildman–Crippen LogP) is 2.22. The van der Waals surface area contributed by atoms with Crippen LogP contribution in [0, 0.1) is 5.92 Å². The average Bonchev–Trinajstić information content (AvgIpc) is 3.41. The number of rotatable bonds is 9. The third-order valence-electron chi connectivity index (χ3n) is 8.05. The van der Waals surface area contributed by atoms with Crippen molar-refractivity contribution in [3.63, 3.8) is 0 Å². The van der Waals surface area contributed by atoms with E-state index < -0.39 is 12.3 Å². The Labute approximate surface area is 235 Å². The molecule has 10 heteroatoms. The van der Waals surface area contributed by atoms with Crippen LogP contribution in [0.2, 0.25) is 0 Å². The third kappa shape index (κ3) is 6.69. The molecule has 0 spiro atoms. The minimum Gasteiger partial charge on any atom is -0.361 e. The molecular weight excluding hydrogens is 508 g/mol. The highest BCUT2D eigenvalue weighted by Gasteiger charge is 2.35. The fourth-order valence-corrected chi connectivity index (χ4v) is 5.64. The van der Waals surface area contributed by atoms with Gasteiger partial charge in [-0.25, -0.2) is 0 Å². The Kier molecular flexibility index (Phi) is 9.11. The van der Waals surface area contributed by atoms with Gasteiger partial charge < -0.3 is 30.4 Å². The van der Waals surface area contributed by atoms with Crippen LogP contribution in [-0.4, -0.2) is 89.9 Å². The molecule has 3 aromatic rings. The Morgan fingerprint density at radius 1 is 1.18 bits per heavy atom. The maximum absolute atomic E-state index is 13.9. The molecule has 2 aromatic heterocycles. The number of aromatic amines is 1. The minimum atomic E-state index is -0.740. The van der Waals surface area contributed by atoms with Crippen molar-refractivity contribution in [3.05, 3.63) is 66.1 Å². The second kappa shape index (κ2) is 12.9. The zero-order valence-electron chi connectivity index (χ0n) is 23.3. The predicted molar refractivity (Wildman–Crippen MR) is 152 cm³/mol. The van der Waals surface area contributed by atoms with Crippen LogP contribution in [0.3, 0.4) is 0 Å². The number of likely N-dealkylation sites (tertiary alicyclic amines) is 1. The topological polar surface area (TPSA) is 126 Å². The quantitative estimate of drug-likeness (QED) is 0.374. The van der Waals surface area contributed by atoms with Crippen molar-refractivity contribution < 1.29 is 19.1 Å². The fourth-order valence-electron chi connectivity index (χ4n) is 5.64. The minimum absolute atomic E-state index is 0.0735. The van der Waals surface area contributed by atoms with Gasteiger partial charge in [-0.15, -0.1) is 0 Å². The lowest BCUT2D eigenvalue weighted by molar-refractivity contribution is -0.193. The maximum Gasteiger partial charge on any atom is 0.245 e. The molecule has 2 amide bonds. The van der Waals surface area contributed by atoms with Crippen molar-refractivity contribution in [1.82, 2.24) is 25.1 Å². The van der Waals surface area contributed by atoms with Gasteiger partial charge in [-0.2, -0.15) is 0 Å². The van der Waals surface area contributed by atoms with E-state index in [1.807, 2.05) is 49.6 Å². The molecule has 0 unspecified atom stereocenters. The smallest absolute Gasteiger partial charge is 0.245 e. The zero-order valence-corrected chi connectivity index (χ0v) is 23.3. The van der Waals surface area contributed by atoms with Crippen LogP contribution in [0.25, 0.3) is 10.9 Å². The monoisotopic (exact) mass is 548 g/mol. The number of amides is 2. The molecule has 1 aromatic carbocycles. The molecule has 0 bridgehead atoms. The molecule has 0 aliphatic carbocycles. The first-order chi connectivity index (χ1) is 19.4. The third-order valence-corrected chi connectivity index (χ3v) is 8.05. The standard InChI is InChI=1S/C30H40N6O4/c1-20(25-15-33-26-8-4-3-7-24(25)26)28(30(38)35(2)17-27-39-18-23(31)19-40-27)34-29(37)22-9-12-36(13-10-22)16-21-6-5-11-32-14-21/h3-8,11,14-15,20,22-23,27-28,33H,9-10,12-13,16-19,31H2,1-2H3,(H,34,37)/t20-,23?,27?,28+/m0/s1. The number of para-hydroxylation sites is 1. The highest BCUT2D eigenvalue weighted by Crippen LogP contribution is 2.29. The van der Waals surface area contributed by atoms with Crippen molar-refractivity contribution in [2.24, 2.45) is 11.7 Å². The Bertz CT molecular complexity index is 1270. The Balaban J connectivity index is 1.27. The molecule has 2 fully saturated rings. The summed E-state index contributed by atoms with van der Waals surface area (Å²) in [7, 11) is 1.72. The normalized spacial score (nSPS) is 22.1. The van der Waals surface area contributed by atoms with Crippen LogP contribution >= 0.6 is 0 Å². The first-order valence-electron chi connectivity index (χ1n) is 14.1. The molecular formula is C30H40N6O4. The van der Waals surface area contributed by atoms with Crippen LogP contribution in [-0.2, 0) is 25.6 Å². The summed E-state index contributed by atoms with van der Waals surface area (Å²) in [5.74, 6) is -0.660. The molecule has 2 atom stereocenters. The van der Waals surface area contributed by atoms with Crippen molar-refractivity contribution in [3.8, 4) is 0 Å². The fraction of sp³-hybridized carbons (Fsp3) is 0.500. The summed E-state index contributed by atoms with van der Waals surface area (Å²) in [5.41, 5.74) is 9.01. The van der Waals surface area contributed by atoms with Gasteiger partial charge in [-0.1, -0.05) is 31.2 Å². The molecule has 10 nitrogen and oxygen atoms in total. The number of aromatic nitrogens is 2. The summed E-state index contributed by atoms with van der Waals surface area (Å²) in [4.78, 5) is 38.9. The number of pyridine rings is 1. The SMILES string of the molecule is C[C@@H](c1c[nH]c2ccccc12)[C@@H](NC(=O)C1CCN(Cc2cccnc2)CC1)C(=O)N(C)CC1OCC(N)CO1. The second-order valence-corrected chi connectivity index (χ2v) is 11.1. The van der Waals surface area contributed by atoms with E-state index in [4.69, 9.17) is 15.2 Å². The summed E-state index contributed by atoms with van der Waals surface area (Å²) in [6.45, 7) is 5.49. The Morgan fingerprint density at radius 2 is 1.93 bits per heavy atom. The first-order valence-corrected chi connectivity index (χ1v) is 14.1. The number of nitrogens with zero attached hydrogens (tertiary/aromatic N) is 3. The zero-order chi connectivity index (χ0) is 28.1. The van der Waals surface area contributed by atoms with Gasteiger partial charge in [-0.3, -0.25) is 19.5 Å². The number of carbonyl (C=O) groups excluding carboxylic acids is 2. The van der Waals surface area contributed by atoms with E-state index in [1.54, 1.807) is 18.1 Å². The number of nitrogens with one attached hydrogen (secondary N) is 2. The molecule has 5 rings (SSSR count). The number of likely N-dealkylation sites (N-methyl/N-ethyl adjacent to an activating group) is 1. The average molecular weight is 549 g/mol. The Hall–Kier alpha value is -3.31. The second-order valence-electron chi connectivity index (χ2n) is 11.1. The molecule has 4 N–H and O–H groups in total. The lowest BCUT2D eigenvalue weighted by atomic mass is 9.90. The van der Waals surface area contributed by atoms with Crippen LogP contribution in [0.5, 0.6) is 0 Å². The summed E-state index contributed by atoms with van der Waals surface area (Å²) in [5, 5.41) is 4.20. The van der Waals surface area contributed by atoms with Gasteiger partial charge in [-0.05, 0) is 49.2 Å². The van der Waals surface area contributed by atoms with Crippen molar-refractivity contribution in [1.29, 1.82) is 0 Å². The molecule has 2 aliphatic heterocycles. The molecule has 2 saturated heterocycles. The number of carbonyl (C=O) groups is 2.